The van der Waals surface area contributed by atoms with Gasteiger partial charge in [0, 0.05) is 0 Å². The van der Waals surface area contributed by atoms with Crippen LogP contribution in [0.2, 0.25) is 0 Å². The molecule has 0 radical (unpaired) electrons. The summed E-state index contributed by atoms with van der Waals surface area (Å²) in [5, 5.41) is 14.9. The molecule has 5 nitrogen and oxygen atoms in total. The third kappa shape index (κ3) is 2.55. The molecule has 1 aromatic carbocycles. The lowest BCUT2D eigenvalue weighted by molar-refractivity contribution is -0.386. The number of halogens is 2. The average Bonchev–Trinajstić information content (AvgIpc) is 2.55. The van der Waals surface area contributed by atoms with E-state index in [1.807, 2.05) is 30.3 Å². The summed E-state index contributed by atoms with van der Waals surface area (Å²) < 4.78 is 2.13. The second kappa shape index (κ2) is 4.97. The fourth-order valence-corrected chi connectivity index (χ4v) is 2.74. The van der Waals surface area contributed by atoms with Crippen molar-refractivity contribution in [3.05, 3.63) is 55.2 Å². The Morgan fingerprint density at radius 2 is 1.94 bits per heavy atom. The number of benzene rings is 1. The van der Waals surface area contributed by atoms with E-state index < -0.39 is 4.92 Å². The fourth-order valence-electron chi connectivity index (χ4n) is 1.42. The van der Waals surface area contributed by atoms with Crippen molar-refractivity contribution in [3.8, 4) is 0 Å². The minimum absolute atomic E-state index is 0.0547. The molecule has 2 rings (SSSR count). The maximum absolute atomic E-state index is 10.8. The van der Waals surface area contributed by atoms with Gasteiger partial charge in [-0.2, -0.15) is 5.10 Å². The van der Waals surface area contributed by atoms with Crippen molar-refractivity contribution in [2.45, 2.75) is 6.54 Å². The van der Waals surface area contributed by atoms with Gasteiger partial charge in [0.05, 0.1) is 11.5 Å². The van der Waals surface area contributed by atoms with Crippen LogP contribution >= 0.6 is 31.9 Å². The largest absolute Gasteiger partial charge is 0.335 e. The Bertz CT molecular complexity index is 554. The third-order valence-electron chi connectivity index (χ3n) is 2.18. The zero-order chi connectivity index (χ0) is 12.4. The molecule has 0 spiro atoms. The van der Waals surface area contributed by atoms with Crippen LogP contribution in [0.25, 0.3) is 0 Å². The van der Waals surface area contributed by atoms with E-state index in [1.54, 1.807) is 0 Å². The molecule has 1 heterocycles. The molecule has 0 unspecified atom stereocenters. The molecule has 0 amide bonds. The van der Waals surface area contributed by atoms with Crippen molar-refractivity contribution >= 4 is 37.5 Å². The molecule has 0 N–H and O–H groups in total. The molecular formula is C10H7Br2N3O2. The van der Waals surface area contributed by atoms with E-state index in [1.165, 1.54) is 4.68 Å². The van der Waals surface area contributed by atoms with Crippen LogP contribution in [0.4, 0.5) is 5.69 Å². The summed E-state index contributed by atoms with van der Waals surface area (Å²) in [6, 6.07) is 9.62. The van der Waals surface area contributed by atoms with Gasteiger partial charge in [0.25, 0.3) is 0 Å². The first-order valence-electron chi connectivity index (χ1n) is 4.69. The molecule has 88 valence electrons. The second-order valence-corrected chi connectivity index (χ2v) is 4.83. The Morgan fingerprint density at radius 1 is 1.29 bits per heavy atom. The lowest BCUT2D eigenvalue weighted by Crippen LogP contribution is -2.01. The number of nitro groups is 1. The smallest absolute Gasteiger partial charge is 0.258 e. The van der Waals surface area contributed by atoms with Crippen LogP contribution < -0.4 is 0 Å². The molecule has 1 aromatic heterocycles. The van der Waals surface area contributed by atoms with Crippen LogP contribution in [0.1, 0.15) is 5.56 Å². The number of hydrogen-bond donors (Lipinski definition) is 0. The van der Waals surface area contributed by atoms with Crippen LogP contribution in [0.3, 0.4) is 0 Å². The highest BCUT2D eigenvalue weighted by atomic mass is 79.9. The monoisotopic (exact) mass is 359 g/mol. The zero-order valence-electron chi connectivity index (χ0n) is 8.51. The van der Waals surface area contributed by atoms with Crippen LogP contribution in [-0.4, -0.2) is 14.7 Å². The molecule has 0 atom stereocenters. The Morgan fingerprint density at radius 3 is 2.47 bits per heavy atom. The predicted octanol–water partition coefficient (Wildman–Crippen LogP) is 3.36. The molecule has 0 fully saturated rings. The lowest BCUT2D eigenvalue weighted by atomic mass is 10.2. The average molecular weight is 361 g/mol. The van der Waals surface area contributed by atoms with Gasteiger partial charge in [-0.3, -0.25) is 10.1 Å². The van der Waals surface area contributed by atoms with Crippen molar-refractivity contribution in [1.82, 2.24) is 9.78 Å². The number of hydrogen-bond acceptors (Lipinski definition) is 3. The Kier molecular flexibility index (Phi) is 3.58. The van der Waals surface area contributed by atoms with Crippen molar-refractivity contribution in [3.63, 3.8) is 0 Å². The first kappa shape index (κ1) is 12.3. The van der Waals surface area contributed by atoms with Gasteiger partial charge in [0.2, 0.25) is 4.60 Å². The molecule has 0 aliphatic heterocycles. The number of rotatable bonds is 3. The van der Waals surface area contributed by atoms with E-state index in [0.29, 0.717) is 11.1 Å². The van der Waals surface area contributed by atoms with Crippen molar-refractivity contribution in [2.24, 2.45) is 0 Å². The first-order valence-corrected chi connectivity index (χ1v) is 6.28. The van der Waals surface area contributed by atoms with E-state index in [9.17, 15) is 10.1 Å². The Hall–Kier alpha value is -1.21. The normalized spacial score (nSPS) is 10.5. The van der Waals surface area contributed by atoms with E-state index in [-0.39, 0.29) is 10.3 Å². The summed E-state index contributed by atoms with van der Waals surface area (Å²) in [6.45, 7) is 0.480. The van der Waals surface area contributed by atoms with Gasteiger partial charge in [-0.1, -0.05) is 30.3 Å². The first-order chi connectivity index (χ1) is 8.09. The highest BCUT2D eigenvalue weighted by molar-refractivity contribution is 9.11. The van der Waals surface area contributed by atoms with Gasteiger partial charge in [0.1, 0.15) is 0 Å². The van der Waals surface area contributed by atoms with Crippen molar-refractivity contribution in [1.29, 1.82) is 0 Å². The molecule has 7 heteroatoms. The molecule has 17 heavy (non-hydrogen) atoms. The van der Waals surface area contributed by atoms with E-state index in [2.05, 4.69) is 37.0 Å². The SMILES string of the molecule is O=[N+]([O-])c1c(Br)nn(Cc2ccccc2)c1Br. The van der Waals surface area contributed by atoms with Crippen molar-refractivity contribution < 1.29 is 4.92 Å². The van der Waals surface area contributed by atoms with Crippen LogP contribution in [0.15, 0.2) is 39.5 Å². The predicted molar refractivity (Wildman–Crippen MR) is 69.8 cm³/mol. The van der Waals surface area contributed by atoms with Gasteiger partial charge in [-0.25, -0.2) is 4.68 Å². The Balaban J connectivity index is 2.35. The molecule has 0 aliphatic rings. The number of aromatic nitrogens is 2. The summed E-state index contributed by atoms with van der Waals surface area (Å²) in [5.41, 5.74) is 0.971. The maximum Gasteiger partial charge on any atom is 0.335 e. The van der Waals surface area contributed by atoms with Gasteiger partial charge in [-0.05, 0) is 37.4 Å². The van der Waals surface area contributed by atoms with Crippen LogP contribution in [0, 0.1) is 10.1 Å². The fraction of sp³-hybridized carbons (Fsp3) is 0.100. The topological polar surface area (TPSA) is 61.0 Å². The quantitative estimate of drug-likeness (QED) is 0.622. The van der Waals surface area contributed by atoms with E-state index in [0.717, 1.165) is 5.56 Å². The van der Waals surface area contributed by atoms with Gasteiger partial charge in [-0.15, -0.1) is 0 Å². The molecule has 0 saturated carbocycles. The standard InChI is InChI=1S/C10H7Br2N3O2/c11-9-8(15(16)17)10(12)14(13-9)6-7-4-2-1-3-5-7/h1-5H,6H2. The highest BCUT2D eigenvalue weighted by Crippen LogP contribution is 2.32. The third-order valence-corrected chi connectivity index (χ3v) is 3.50. The van der Waals surface area contributed by atoms with E-state index in [4.69, 9.17) is 0 Å². The second-order valence-electron chi connectivity index (χ2n) is 3.33. The van der Waals surface area contributed by atoms with E-state index >= 15 is 0 Å². The van der Waals surface area contributed by atoms with Crippen molar-refractivity contribution in [2.75, 3.05) is 0 Å². The molecule has 0 saturated heterocycles. The highest BCUT2D eigenvalue weighted by Gasteiger charge is 2.24. The van der Waals surface area contributed by atoms with Gasteiger partial charge in [0.15, 0.2) is 4.60 Å². The molecule has 2 aromatic rings. The van der Waals surface area contributed by atoms with Gasteiger partial charge >= 0.3 is 5.69 Å². The Labute approximate surface area is 114 Å². The minimum Gasteiger partial charge on any atom is -0.258 e. The van der Waals surface area contributed by atoms with Crippen LogP contribution in [0.5, 0.6) is 0 Å². The van der Waals surface area contributed by atoms with Crippen LogP contribution in [-0.2, 0) is 6.54 Å². The molecule has 0 bridgehead atoms. The molecule has 0 aliphatic carbocycles. The summed E-state index contributed by atoms with van der Waals surface area (Å²) in [5.74, 6) is 0. The summed E-state index contributed by atoms with van der Waals surface area (Å²) in [7, 11) is 0. The summed E-state index contributed by atoms with van der Waals surface area (Å²) in [4.78, 5) is 10.3. The zero-order valence-corrected chi connectivity index (χ0v) is 11.7. The minimum atomic E-state index is -0.470. The summed E-state index contributed by atoms with van der Waals surface area (Å²) in [6.07, 6.45) is 0. The molecular weight excluding hydrogens is 354 g/mol. The maximum atomic E-state index is 10.8. The van der Waals surface area contributed by atoms with Gasteiger partial charge < -0.3 is 0 Å². The number of nitrogens with zero attached hydrogens (tertiary/aromatic N) is 3. The lowest BCUT2D eigenvalue weighted by Gasteiger charge is -2.01. The summed E-state index contributed by atoms with van der Waals surface area (Å²) >= 11 is 6.27.